The van der Waals surface area contributed by atoms with Crippen molar-refractivity contribution in [2.75, 3.05) is 7.11 Å². The van der Waals surface area contributed by atoms with Gasteiger partial charge in [-0.1, -0.05) is 45.2 Å². The predicted molar refractivity (Wildman–Crippen MR) is 80.1 cm³/mol. The van der Waals surface area contributed by atoms with E-state index in [0.29, 0.717) is 15.6 Å². The molecular formula is C14H9BrCl2F2O. The molecule has 1 nitrogen and oxygen atoms in total. The van der Waals surface area contributed by atoms with E-state index in [9.17, 15) is 8.78 Å². The summed E-state index contributed by atoms with van der Waals surface area (Å²) in [6.45, 7) is 0. The van der Waals surface area contributed by atoms with E-state index >= 15 is 0 Å². The molecule has 6 heteroatoms. The van der Waals surface area contributed by atoms with E-state index in [1.54, 1.807) is 18.2 Å². The van der Waals surface area contributed by atoms with Crippen LogP contribution < -0.4 is 4.74 Å². The third-order valence-corrected chi connectivity index (χ3v) is 4.50. The Hall–Kier alpha value is -0.840. The van der Waals surface area contributed by atoms with Crippen LogP contribution in [0.15, 0.2) is 30.3 Å². The van der Waals surface area contributed by atoms with Crippen molar-refractivity contribution in [1.82, 2.24) is 0 Å². The number of alkyl halides is 1. The summed E-state index contributed by atoms with van der Waals surface area (Å²) in [5, 5.41) is 0.703. The number of benzene rings is 2. The molecule has 0 fully saturated rings. The van der Waals surface area contributed by atoms with Crippen molar-refractivity contribution in [1.29, 1.82) is 0 Å². The lowest BCUT2D eigenvalue weighted by atomic mass is 10.0. The molecule has 0 aliphatic heterocycles. The Kier molecular flexibility index (Phi) is 4.89. The Morgan fingerprint density at radius 1 is 1.05 bits per heavy atom. The van der Waals surface area contributed by atoms with Gasteiger partial charge in [0.2, 0.25) is 0 Å². The molecule has 0 saturated heterocycles. The minimum absolute atomic E-state index is 0.107. The zero-order valence-corrected chi connectivity index (χ0v) is 13.4. The van der Waals surface area contributed by atoms with Gasteiger partial charge in [0.15, 0.2) is 0 Å². The molecule has 20 heavy (non-hydrogen) atoms. The maximum absolute atomic E-state index is 14.0. The number of halogens is 5. The molecule has 0 aliphatic carbocycles. The highest BCUT2D eigenvalue weighted by molar-refractivity contribution is 9.09. The first-order valence-corrected chi connectivity index (χ1v) is 7.23. The molecular weight excluding hydrogens is 373 g/mol. The summed E-state index contributed by atoms with van der Waals surface area (Å²) in [6.07, 6.45) is 0. The zero-order chi connectivity index (χ0) is 14.9. The van der Waals surface area contributed by atoms with Gasteiger partial charge >= 0.3 is 0 Å². The van der Waals surface area contributed by atoms with E-state index in [1.165, 1.54) is 7.11 Å². The average molecular weight is 382 g/mol. The van der Waals surface area contributed by atoms with Crippen LogP contribution in [0.4, 0.5) is 8.78 Å². The lowest BCUT2D eigenvalue weighted by Crippen LogP contribution is -2.02. The fourth-order valence-corrected chi connectivity index (χ4v) is 2.79. The third kappa shape index (κ3) is 3.08. The van der Waals surface area contributed by atoms with E-state index in [-0.39, 0.29) is 11.3 Å². The van der Waals surface area contributed by atoms with Gasteiger partial charge in [0.25, 0.3) is 0 Å². The van der Waals surface area contributed by atoms with Crippen molar-refractivity contribution in [3.8, 4) is 5.75 Å². The number of hydrogen-bond acceptors (Lipinski definition) is 1. The van der Waals surface area contributed by atoms with Gasteiger partial charge in [0, 0.05) is 17.7 Å². The molecule has 1 unspecified atom stereocenters. The summed E-state index contributed by atoms with van der Waals surface area (Å²) in [4.78, 5) is -0.678. The SMILES string of the molecule is COc1cc(F)c(C(Br)c2ccc(Cl)c(Cl)c2)c(F)c1. The summed E-state index contributed by atoms with van der Waals surface area (Å²) in [6, 6.07) is 7.05. The van der Waals surface area contributed by atoms with Crippen molar-refractivity contribution in [3.05, 3.63) is 63.1 Å². The largest absolute Gasteiger partial charge is 0.497 e. The van der Waals surface area contributed by atoms with E-state index < -0.39 is 16.5 Å². The Morgan fingerprint density at radius 2 is 1.65 bits per heavy atom. The van der Waals surface area contributed by atoms with Crippen LogP contribution in [0.2, 0.25) is 10.0 Å². The van der Waals surface area contributed by atoms with Gasteiger partial charge in [-0.2, -0.15) is 0 Å². The minimum Gasteiger partial charge on any atom is -0.497 e. The first-order valence-electron chi connectivity index (χ1n) is 5.56. The topological polar surface area (TPSA) is 9.23 Å². The standard InChI is InChI=1S/C14H9BrCl2F2O/c1-20-8-5-11(18)13(12(19)6-8)14(15)7-2-3-9(16)10(17)4-7/h2-6,14H,1H3. The predicted octanol–water partition coefficient (Wildman–Crippen LogP) is 5.76. The fourth-order valence-electron chi connectivity index (χ4n) is 1.76. The minimum atomic E-state index is -0.699. The molecule has 0 saturated carbocycles. The van der Waals surface area contributed by atoms with Gasteiger partial charge in [-0.3, -0.25) is 0 Å². The van der Waals surface area contributed by atoms with Gasteiger partial charge in [0.05, 0.1) is 22.0 Å². The summed E-state index contributed by atoms with van der Waals surface area (Å²) in [7, 11) is 1.35. The van der Waals surface area contributed by atoms with Gasteiger partial charge < -0.3 is 4.74 Å². The molecule has 0 amide bonds. The highest BCUT2D eigenvalue weighted by Gasteiger charge is 2.21. The molecule has 0 aliphatic rings. The molecule has 0 aromatic heterocycles. The van der Waals surface area contributed by atoms with E-state index in [4.69, 9.17) is 27.9 Å². The van der Waals surface area contributed by atoms with Crippen LogP contribution in [-0.2, 0) is 0 Å². The molecule has 0 heterocycles. The van der Waals surface area contributed by atoms with E-state index in [0.717, 1.165) is 12.1 Å². The Balaban J connectivity index is 2.47. The maximum Gasteiger partial charge on any atom is 0.134 e. The van der Waals surface area contributed by atoms with Gasteiger partial charge in [0.1, 0.15) is 17.4 Å². The van der Waals surface area contributed by atoms with Crippen LogP contribution in [0.3, 0.4) is 0 Å². The van der Waals surface area contributed by atoms with Gasteiger partial charge in [-0.15, -0.1) is 0 Å². The molecule has 0 spiro atoms. The molecule has 2 aromatic carbocycles. The summed E-state index contributed by atoms with van der Waals surface area (Å²) in [5.74, 6) is -1.28. The molecule has 1 atom stereocenters. The van der Waals surface area contributed by atoms with Crippen molar-refractivity contribution in [2.45, 2.75) is 4.83 Å². The molecule has 0 bridgehead atoms. The lowest BCUT2D eigenvalue weighted by molar-refractivity contribution is 0.405. The maximum atomic E-state index is 14.0. The molecule has 0 N–H and O–H groups in total. The molecule has 0 radical (unpaired) electrons. The number of rotatable bonds is 3. The van der Waals surface area contributed by atoms with Crippen LogP contribution in [-0.4, -0.2) is 7.11 Å². The highest BCUT2D eigenvalue weighted by Crippen LogP contribution is 2.37. The Morgan fingerprint density at radius 3 is 2.15 bits per heavy atom. The second-order valence-corrected chi connectivity index (χ2v) is 5.77. The third-order valence-electron chi connectivity index (χ3n) is 2.78. The Bertz CT molecular complexity index is 626. The van der Waals surface area contributed by atoms with Crippen molar-refractivity contribution < 1.29 is 13.5 Å². The van der Waals surface area contributed by atoms with E-state index in [1.807, 2.05) is 0 Å². The van der Waals surface area contributed by atoms with Gasteiger partial charge in [-0.25, -0.2) is 8.78 Å². The normalized spacial score (nSPS) is 12.3. The smallest absolute Gasteiger partial charge is 0.134 e. The Labute approximate surface area is 133 Å². The monoisotopic (exact) mass is 380 g/mol. The van der Waals surface area contributed by atoms with Crippen LogP contribution in [0.5, 0.6) is 5.75 Å². The molecule has 106 valence electrons. The van der Waals surface area contributed by atoms with E-state index in [2.05, 4.69) is 15.9 Å². The molecule has 2 aromatic rings. The van der Waals surface area contributed by atoms with Crippen LogP contribution in [0.25, 0.3) is 0 Å². The van der Waals surface area contributed by atoms with Crippen LogP contribution in [0, 0.1) is 11.6 Å². The number of ether oxygens (including phenoxy) is 1. The van der Waals surface area contributed by atoms with Crippen LogP contribution >= 0.6 is 39.1 Å². The van der Waals surface area contributed by atoms with Crippen LogP contribution in [0.1, 0.15) is 16.0 Å². The number of methoxy groups -OCH3 is 1. The average Bonchev–Trinajstić information content (AvgIpc) is 2.40. The lowest BCUT2D eigenvalue weighted by Gasteiger charge is -2.14. The first kappa shape index (κ1) is 15.5. The number of hydrogen-bond donors (Lipinski definition) is 0. The molecule has 2 rings (SSSR count). The quantitative estimate of drug-likeness (QED) is 0.613. The van der Waals surface area contributed by atoms with Crippen molar-refractivity contribution in [3.63, 3.8) is 0 Å². The first-order chi connectivity index (χ1) is 9.43. The second-order valence-electron chi connectivity index (χ2n) is 4.04. The summed E-state index contributed by atoms with van der Waals surface area (Å²) in [5.41, 5.74) is 0.492. The highest BCUT2D eigenvalue weighted by atomic mass is 79.9. The summed E-state index contributed by atoms with van der Waals surface area (Å²) < 4.78 is 32.8. The van der Waals surface area contributed by atoms with Crippen molar-refractivity contribution >= 4 is 39.1 Å². The van der Waals surface area contributed by atoms with Crippen molar-refractivity contribution in [2.24, 2.45) is 0 Å². The zero-order valence-electron chi connectivity index (χ0n) is 10.3. The summed E-state index contributed by atoms with van der Waals surface area (Å²) >= 11 is 15.0. The van der Waals surface area contributed by atoms with Gasteiger partial charge in [-0.05, 0) is 17.7 Å². The fraction of sp³-hybridized carbons (Fsp3) is 0.143. The second kappa shape index (κ2) is 6.29.